The van der Waals surface area contributed by atoms with Gasteiger partial charge in [-0.25, -0.2) is 5.48 Å². The first-order chi connectivity index (χ1) is 8.22. The van der Waals surface area contributed by atoms with Gasteiger partial charge in [0.05, 0.1) is 5.02 Å². The van der Waals surface area contributed by atoms with Gasteiger partial charge in [-0.05, 0) is 24.3 Å². The number of fused-ring (bicyclic) bond motifs is 1. The molecule has 2 aromatic rings. The molecule has 0 aliphatic rings. The lowest BCUT2D eigenvalue weighted by molar-refractivity contribution is -0.131. The van der Waals surface area contributed by atoms with E-state index in [2.05, 4.69) is 4.98 Å². The highest BCUT2D eigenvalue weighted by Gasteiger charge is 2.08. The Morgan fingerprint density at radius 2 is 2.29 bits per heavy atom. The van der Waals surface area contributed by atoms with Gasteiger partial charge in [-0.1, -0.05) is 11.6 Å². The van der Waals surface area contributed by atoms with Crippen molar-refractivity contribution in [2.24, 2.45) is 0 Å². The number of hydrogen-bond acceptors (Lipinski definition) is 4. The first-order valence-electron chi connectivity index (χ1n) is 4.81. The Hall–Kier alpha value is -1.85. The quantitative estimate of drug-likeness (QED) is 0.645. The molecule has 0 saturated carbocycles. The molecular formula is C11H9ClN2O3. The summed E-state index contributed by atoms with van der Waals surface area (Å²) in [6, 6.07) is 6.86. The average Bonchev–Trinajstić information content (AvgIpc) is 2.38. The largest absolute Gasteiger partial charge is 0.481 e. The second-order valence-electron chi connectivity index (χ2n) is 3.27. The Balaban J connectivity index is 2.35. The number of aromatic nitrogens is 1. The maximum absolute atomic E-state index is 10.9. The van der Waals surface area contributed by atoms with Crippen LogP contribution in [0, 0.1) is 0 Å². The van der Waals surface area contributed by atoms with E-state index in [1.807, 2.05) is 6.07 Å². The number of halogens is 1. The van der Waals surface area contributed by atoms with Crippen molar-refractivity contribution in [1.82, 2.24) is 10.5 Å². The lowest BCUT2D eigenvalue weighted by Gasteiger charge is -2.08. The molecule has 0 radical (unpaired) electrons. The van der Waals surface area contributed by atoms with Crippen molar-refractivity contribution in [3.05, 3.63) is 35.5 Å². The molecule has 2 rings (SSSR count). The third kappa shape index (κ3) is 2.46. The number of nitrogens with zero attached hydrogens (tertiary/aromatic N) is 1. The SMILES string of the molecule is O=C(COc1ccc(Cl)c2cccnc12)NO. The molecule has 0 aliphatic carbocycles. The molecule has 0 unspecified atom stereocenters. The van der Waals surface area contributed by atoms with Gasteiger partial charge in [-0.3, -0.25) is 15.0 Å². The number of pyridine rings is 1. The molecule has 6 heteroatoms. The summed E-state index contributed by atoms with van der Waals surface area (Å²) in [5.41, 5.74) is 2.06. The third-order valence-corrected chi connectivity index (χ3v) is 2.49. The van der Waals surface area contributed by atoms with Crippen molar-refractivity contribution in [3.63, 3.8) is 0 Å². The van der Waals surface area contributed by atoms with Gasteiger partial charge < -0.3 is 4.74 Å². The molecule has 0 aliphatic heterocycles. The molecule has 0 saturated heterocycles. The standard InChI is InChI=1S/C11H9ClN2O3/c12-8-3-4-9(17-6-10(15)14-16)11-7(8)2-1-5-13-11/h1-5,16H,6H2,(H,14,15). The Morgan fingerprint density at radius 3 is 3.06 bits per heavy atom. The zero-order valence-corrected chi connectivity index (χ0v) is 9.44. The molecule has 2 N–H and O–H groups in total. The number of benzene rings is 1. The van der Waals surface area contributed by atoms with E-state index in [4.69, 9.17) is 21.5 Å². The minimum atomic E-state index is -0.635. The van der Waals surface area contributed by atoms with E-state index < -0.39 is 5.91 Å². The van der Waals surface area contributed by atoms with Gasteiger partial charge in [0.1, 0.15) is 11.3 Å². The van der Waals surface area contributed by atoms with E-state index in [1.165, 1.54) is 5.48 Å². The van der Waals surface area contributed by atoms with Crippen LogP contribution in [-0.4, -0.2) is 22.7 Å². The van der Waals surface area contributed by atoms with Crippen LogP contribution >= 0.6 is 11.6 Å². The number of amides is 1. The number of carbonyl (C=O) groups is 1. The van der Waals surface area contributed by atoms with E-state index >= 15 is 0 Å². The number of ether oxygens (including phenoxy) is 1. The summed E-state index contributed by atoms with van der Waals surface area (Å²) in [4.78, 5) is 15.0. The zero-order chi connectivity index (χ0) is 12.3. The summed E-state index contributed by atoms with van der Waals surface area (Å²) in [6.45, 7) is -0.288. The van der Waals surface area contributed by atoms with E-state index in [1.54, 1.807) is 24.4 Å². The van der Waals surface area contributed by atoms with Gasteiger partial charge in [0, 0.05) is 11.6 Å². The predicted octanol–water partition coefficient (Wildman–Crippen LogP) is 1.77. The number of rotatable bonds is 3. The fraction of sp³-hybridized carbons (Fsp3) is 0.0909. The minimum Gasteiger partial charge on any atom is -0.481 e. The second-order valence-corrected chi connectivity index (χ2v) is 3.68. The Morgan fingerprint density at radius 1 is 1.47 bits per heavy atom. The normalized spacial score (nSPS) is 10.2. The number of nitrogens with one attached hydrogen (secondary N) is 1. The second kappa shape index (κ2) is 4.99. The molecule has 1 aromatic carbocycles. The van der Waals surface area contributed by atoms with Crippen LogP contribution in [0.15, 0.2) is 30.5 Å². The first-order valence-corrected chi connectivity index (χ1v) is 5.19. The van der Waals surface area contributed by atoms with Crippen molar-refractivity contribution in [2.45, 2.75) is 0 Å². The van der Waals surface area contributed by atoms with Crippen LogP contribution in [0.4, 0.5) is 0 Å². The van der Waals surface area contributed by atoms with Crippen molar-refractivity contribution >= 4 is 28.4 Å². The summed E-state index contributed by atoms with van der Waals surface area (Å²) in [5.74, 6) is -0.197. The van der Waals surface area contributed by atoms with Crippen LogP contribution in [0.1, 0.15) is 0 Å². The van der Waals surface area contributed by atoms with Gasteiger partial charge in [0.2, 0.25) is 0 Å². The topological polar surface area (TPSA) is 71.5 Å². The van der Waals surface area contributed by atoms with E-state index in [9.17, 15) is 4.79 Å². The molecule has 1 heterocycles. The highest BCUT2D eigenvalue weighted by molar-refractivity contribution is 6.35. The summed E-state index contributed by atoms with van der Waals surface area (Å²) >= 11 is 6.00. The summed E-state index contributed by atoms with van der Waals surface area (Å²) in [5, 5.41) is 9.66. The highest BCUT2D eigenvalue weighted by atomic mass is 35.5. The molecule has 0 spiro atoms. The molecule has 0 fully saturated rings. The summed E-state index contributed by atoms with van der Waals surface area (Å²) in [7, 11) is 0. The Bertz CT molecular complexity index is 559. The highest BCUT2D eigenvalue weighted by Crippen LogP contribution is 2.29. The maximum Gasteiger partial charge on any atom is 0.281 e. The van der Waals surface area contributed by atoms with E-state index in [-0.39, 0.29) is 6.61 Å². The average molecular weight is 253 g/mol. The number of hydroxylamine groups is 1. The first kappa shape index (κ1) is 11.6. The molecule has 0 bridgehead atoms. The zero-order valence-electron chi connectivity index (χ0n) is 8.68. The molecule has 0 atom stereocenters. The molecule has 5 nitrogen and oxygen atoms in total. The molecule has 1 amide bonds. The summed E-state index contributed by atoms with van der Waals surface area (Å²) in [6.07, 6.45) is 1.61. The van der Waals surface area contributed by atoms with Crippen LogP contribution in [-0.2, 0) is 4.79 Å². The van der Waals surface area contributed by atoms with E-state index in [0.29, 0.717) is 16.3 Å². The third-order valence-electron chi connectivity index (χ3n) is 2.16. The molecule has 1 aromatic heterocycles. The summed E-state index contributed by atoms with van der Waals surface area (Å²) < 4.78 is 5.23. The van der Waals surface area contributed by atoms with Crippen molar-refractivity contribution in [3.8, 4) is 5.75 Å². The fourth-order valence-corrected chi connectivity index (χ4v) is 1.62. The smallest absolute Gasteiger partial charge is 0.281 e. The molecule has 17 heavy (non-hydrogen) atoms. The van der Waals surface area contributed by atoms with Crippen LogP contribution in [0.3, 0.4) is 0 Å². The van der Waals surface area contributed by atoms with Crippen LogP contribution in [0.25, 0.3) is 10.9 Å². The Labute approximate surface area is 102 Å². The lowest BCUT2D eigenvalue weighted by Crippen LogP contribution is -2.25. The van der Waals surface area contributed by atoms with Crippen LogP contribution < -0.4 is 10.2 Å². The van der Waals surface area contributed by atoms with Gasteiger partial charge in [-0.15, -0.1) is 0 Å². The van der Waals surface area contributed by atoms with Gasteiger partial charge in [0.25, 0.3) is 5.91 Å². The van der Waals surface area contributed by atoms with Crippen molar-refractivity contribution in [1.29, 1.82) is 0 Å². The lowest BCUT2D eigenvalue weighted by atomic mass is 10.2. The Kier molecular flexibility index (Phi) is 3.41. The predicted molar refractivity (Wildman–Crippen MR) is 62.2 cm³/mol. The molecule has 88 valence electrons. The number of hydrogen-bond donors (Lipinski definition) is 2. The van der Waals surface area contributed by atoms with Crippen molar-refractivity contribution < 1.29 is 14.7 Å². The van der Waals surface area contributed by atoms with Gasteiger partial charge in [-0.2, -0.15) is 0 Å². The van der Waals surface area contributed by atoms with Gasteiger partial charge in [0.15, 0.2) is 6.61 Å². The minimum absolute atomic E-state index is 0.288. The number of carbonyl (C=O) groups excluding carboxylic acids is 1. The van der Waals surface area contributed by atoms with Crippen LogP contribution in [0.5, 0.6) is 5.75 Å². The van der Waals surface area contributed by atoms with Crippen LogP contribution in [0.2, 0.25) is 5.02 Å². The fourth-order valence-electron chi connectivity index (χ4n) is 1.40. The van der Waals surface area contributed by atoms with Gasteiger partial charge >= 0.3 is 0 Å². The monoisotopic (exact) mass is 252 g/mol. The van der Waals surface area contributed by atoms with E-state index in [0.717, 1.165) is 5.39 Å². The molecular weight excluding hydrogens is 244 g/mol. The van der Waals surface area contributed by atoms with Crippen molar-refractivity contribution in [2.75, 3.05) is 6.61 Å². The maximum atomic E-state index is 10.9.